The number of rotatable bonds is 7. The Hall–Kier alpha value is -0.410. The summed E-state index contributed by atoms with van der Waals surface area (Å²) in [4.78, 5) is 0. The smallest absolute Gasteiger partial charge is 0.396 e. The van der Waals surface area contributed by atoms with Crippen molar-refractivity contribution in [2.45, 2.75) is 30.9 Å². The van der Waals surface area contributed by atoms with Crippen LogP contribution in [0, 0.1) is 0 Å². The van der Waals surface area contributed by atoms with E-state index in [1.807, 2.05) is 0 Å². The van der Waals surface area contributed by atoms with Crippen molar-refractivity contribution in [3.8, 4) is 0 Å². The van der Waals surface area contributed by atoms with Gasteiger partial charge >= 0.3 is 11.2 Å². The molecule has 0 atom stereocenters. The lowest BCUT2D eigenvalue weighted by molar-refractivity contribution is -0.171. The molecule has 4 nitrogen and oxygen atoms in total. The molecule has 0 saturated heterocycles. The molecule has 9 heteroatoms. The van der Waals surface area contributed by atoms with Gasteiger partial charge in [-0.15, -0.1) is 0 Å². The Kier molecular flexibility index (Phi) is 5.15. The molecular formula is C7H11F4O4S-. The average molecular weight is 267 g/mol. The average Bonchev–Trinajstić information content (AvgIpc) is 2.10. The normalized spacial score (nSPS) is 14.1. The molecule has 0 amide bonds. The largest absolute Gasteiger partial charge is 0.743 e. The van der Waals surface area contributed by atoms with Crippen LogP contribution in [0.5, 0.6) is 0 Å². The number of hydrogen-bond acceptors (Lipinski definition) is 4. The van der Waals surface area contributed by atoms with Gasteiger partial charge in [0.25, 0.3) is 0 Å². The van der Waals surface area contributed by atoms with E-state index < -0.39 is 34.3 Å². The summed E-state index contributed by atoms with van der Waals surface area (Å²) < 4.78 is 84.9. The van der Waals surface area contributed by atoms with Crippen LogP contribution in [-0.4, -0.2) is 37.4 Å². The molecule has 0 N–H and O–H groups in total. The molecule has 0 fully saturated rings. The predicted molar refractivity (Wildman–Crippen MR) is 45.3 cm³/mol. The zero-order valence-corrected chi connectivity index (χ0v) is 9.20. The SMILES string of the molecule is CCCOCCC(F)(F)C(F)(F)S(=O)(=O)[O-]. The third-order valence-electron chi connectivity index (χ3n) is 1.65. The van der Waals surface area contributed by atoms with Gasteiger partial charge in [0.05, 0.1) is 6.61 Å². The first-order valence-electron chi connectivity index (χ1n) is 4.35. The second-order valence-electron chi connectivity index (χ2n) is 3.04. The minimum Gasteiger partial charge on any atom is -0.743 e. The van der Waals surface area contributed by atoms with Crippen LogP contribution >= 0.6 is 0 Å². The molecule has 0 unspecified atom stereocenters. The van der Waals surface area contributed by atoms with Crippen molar-refractivity contribution < 1.29 is 35.3 Å². The minimum atomic E-state index is -6.39. The van der Waals surface area contributed by atoms with Crippen LogP contribution in [0.4, 0.5) is 17.6 Å². The van der Waals surface area contributed by atoms with E-state index in [1.165, 1.54) is 0 Å². The first-order valence-corrected chi connectivity index (χ1v) is 5.76. The molecule has 0 saturated carbocycles. The Morgan fingerprint density at radius 1 is 1.19 bits per heavy atom. The van der Waals surface area contributed by atoms with Crippen LogP contribution in [0.25, 0.3) is 0 Å². The van der Waals surface area contributed by atoms with E-state index in [2.05, 4.69) is 4.74 Å². The van der Waals surface area contributed by atoms with Crippen molar-refractivity contribution in [3.05, 3.63) is 0 Å². The van der Waals surface area contributed by atoms with E-state index in [-0.39, 0.29) is 6.61 Å². The van der Waals surface area contributed by atoms with E-state index in [4.69, 9.17) is 0 Å². The molecule has 0 aromatic rings. The fraction of sp³-hybridized carbons (Fsp3) is 1.00. The van der Waals surface area contributed by atoms with Crippen LogP contribution < -0.4 is 0 Å². The highest BCUT2D eigenvalue weighted by molar-refractivity contribution is 7.86. The highest BCUT2D eigenvalue weighted by Crippen LogP contribution is 2.40. The van der Waals surface area contributed by atoms with Gasteiger partial charge in [0, 0.05) is 13.0 Å². The van der Waals surface area contributed by atoms with Gasteiger partial charge in [-0.2, -0.15) is 17.6 Å². The molecule has 0 aliphatic rings. The second-order valence-corrected chi connectivity index (χ2v) is 4.46. The minimum absolute atomic E-state index is 0.0891. The van der Waals surface area contributed by atoms with Gasteiger partial charge in [0.2, 0.25) is 0 Å². The number of halogens is 4. The third-order valence-corrected chi connectivity index (χ3v) is 2.58. The van der Waals surface area contributed by atoms with E-state index in [0.717, 1.165) is 0 Å². The topological polar surface area (TPSA) is 66.4 Å². The first-order chi connectivity index (χ1) is 7.06. The van der Waals surface area contributed by atoms with Crippen molar-refractivity contribution in [1.82, 2.24) is 0 Å². The summed E-state index contributed by atoms with van der Waals surface area (Å²) in [5.41, 5.74) is 0. The van der Waals surface area contributed by atoms with Crippen LogP contribution in [0.15, 0.2) is 0 Å². The van der Waals surface area contributed by atoms with Crippen molar-refractivity contribution in [2.24, 2.45) is 0 Å². The molecule has 0 radical (unpaired) electrons. The van der Waals surface area contributed by atoms with Gasteiger partial charge in [-0.3, -0.25) is 0 Å². The lowest BCUT2D eigenvalue weighted by Crippen LogP contribution is -2.47. The van der Waals surface area contributed by atoms with E-state index in [9.17, 15) is 30.5 Å². The van der Waals surface area contributed by atoms with Gasteiger partial charge < -0.3 is 9.29 Å². The van der Waals surface area contributed by atoms with Gasteiger partial charge in [0.15, 0.2) is 10.1 Å². The summed E-state index contributed by atoms with van der Waals surface area (Å²) in [5.74, 6) is -4.93. The Balaban J connectivity index is 4.54. The molecule has 0 rings (SSSR count). The Labute approximate surface area is 90.3 Å². The van der Waals surface area contributed by atoms with Crippen LogP contribution in [-0.2, 0) is 14.9 Å². The maximum Gasteiger partial charge on any atom is 0.396 e. The molecular weight excluding hydrogens is 256 g/mol. The Morgan fingerprint density at radius 2 is 1.69 bits per heavy atom. The van der Waals surface area contributed by atoms with Crippen LogP contribution in [0.2, 0.25) is 0 Å². The summed E-state index contributed by atoms with van der Waals surface area (Å²) in [6, 6.07) is 0. The van der Waals surface area contributed by atoms with Gasteiger partial charge in [0.1, 0.15) is 0 Å². The van der Waals surface area contributed by atoms with Crippen molar-refractivity contribution >= 4 is 10.1 Å². The van der Waals surface area contributed by atoms with Gasteiger partial charge in [-0.1, -0.05) is 6.92 Å². The quantitative estimate of drug-likeness (QED) is 0.399. The molecule has 0 heterocycles. The molecule has 0 aliphatic carbocycles. The summed E-state index contributed by atoms with van der Waals surface area (Å²) in [6.07, 6.45) is -1.02. The maximum absolute atomic E-state index is 12.7. The monoisotopic (exact) mass is 267 g/mol. The molecule has 0 aliphatic heterocycles. The summed E-state index contributed by atoms with van der Waals surface area (Å²) in [7, 11) is -6.39. The Bertz CT molecular complexity index is 314. The maximum atomic E-state index is 12.7. The van der Waals surface area contributed by atoms with Crippen molar-refractivity contribution in [2.75, 3.05) is 13.2 Å². The lowest BCUT2D eigenvalue weighted by atomic mass is 10.2. The lowest BCUT2D eigenvalue weighted by Gasteiger charge is -2.28. The van der Waals surface area contributed by atoms with Gasteiger partial charge in [-0.05, 0) is 6.42 Å². The predicted octanol–water partition coefficient (Wildman–Crippen LogP) is 1.58. The fourth-order valence-electron chi connectivity index (χ4n) is 0.775. The molecule has 0 aromatic heterocycles. The van der Waals surface area contributed by atoms with E-state index in [1.54, 1.807) is 6.92 Å². The van der Waals surface area contributed by atoms with Crippen molar-refractivity contribution in [1.29, 1.82) is 0 Å². The van der Waals surface area contributed by atoms with Crippen molar-refractivity contribution in [3.63, 3.8) is 0 Å². The standard InChI is InChI=1S/C7H12F4O4S/c1-2-4-15-5-3-6(8,9)7(10,11)16(12,13)14/h2-5H2,1H3,(H,12,13,14)/p-1. The molecule has 98 valence electrons. The zero-order valence-electron chi connectivity index (χ0n) is 8.38. The highest BCUT2D eigenvalue weighted by atomic mass is 32.2. The molecule has 0 aromatic carbocycles. The molecule has 16 heavy (non-hydrogen) atoms. The number of ether oxygens (including phenoxy) is 1. The van der Waals surface area contributed by atoms with E-state index >= 15 is 0 Å². The van der Waals surface area contributed by atoms with E-state index in [0.29, 0.717) is 6.42 Å². The number of alkyl halides is 4. The summed E-state index contributed by atoms with van der Waals surface area (Å²) in [5, 5.41) is -5.62. The molecule has 0 bridgehead atoms. The number of hydrogen-bond donors (Lipinski definition) is 0. The van der Waals surface area contributed by atoms with Crippen LogP contribution in [0.3, 0.4) is 0 Å². The first kappa shape index (κ1) is 15.6. The summed E-state index contributed by atoms with van der Waals surface area (Å²) in [6.45, 7) is 1.02. The zero-order chi connectivity index (χ0) is 13.0. The highest BCUT2D eigenvalue weighted by Gasteiger charge is 2.61. The molecule has 0 spiro atoms. The van der Waals surface area contributed by atoms with Gasteiger partial charge in [-0.25, -0.2) is 8.42 Å². The second kappa shape index (κ2) is 5.28. The summed E-state index contributed by atoms with van der Waals surface area (Å²) >= 11 is 0. The third kappa shape index (κ3) is 3.56. The Morgan fingerprint density at radius 3 is 2.06 bits per heavy atom. The van der Waals surface area contributed by atoms with Crippen LogP contribution in [0.1, 0.15) is 19.8 Å². The fourth-order valence-corrected chi connectivity index (χ4v) is 1.24.